The number of hydrogen-bond donors (Lipinski definition) is 2. The van der Waals surface area contributed by atoms with Gasteiger partial charge in [-0.25, -0.2) is 0 Å². The van der Waals surface area contributed by atoms with Crippen molar-refractivity contribution < 1.29 is 28.0 Å². The first-order valence-corrected chi connectivity index (χ1v) is 3.97. The van der Waals surface area contributed by atoms with Gasteiger partial charge in [-0.2, -0.15) is 13.2 Å². The monoisotopic (exact) mass is 220 g/mol. The van der Waals surface area contributed by atoms with Crippen LogP contribution in [-0.2, 0) is 6.18 Å². The van der Waals surface area contributed by atoms with E-state index in [1.165, 1.54) is 13.2 Å². The van der Waals surface area contributed by atoms with Crippen LogP contribution < -0.4 is 10.2 Å². The van der Waals surface area contributed by atoms with Gasteiger partial charge in [-0.05, 0) is 17.6 Å². The van der Waals surface area contributed by atoms with Crippen LogP contribution in [0.2, 0.25) is 0 Å². The molecule has 0 unspecified atom stereocenters. The van der Waals surface area contributed by atoms with E-state index < -0.39 is 24.3 Å². The van der Waals surface area contributed by atoms with Crippen molar-refractivity contribution in [2.24, 2.45) is 0 Å². The van der Waals surface area contributed by atoms with Crippen molar-refractivity contribution in [3.05, 3.63) is 23.8 Å². The molecule has 1 rings (SSSR count). The fourth-order valence-electron chi connectivity index (χ4n) is 1.13. The highest BCUT2D eigenvalue weighted by Crippen LogP contribution is 2.30. The molecule has 0 heterocycles. The summed E-state index contributed by atoms with van der Waals surface area (Å²) in [6.07, 6.45) is -4.65. The van der Waals surface area contributed by atoms with Crippen molar-refractivity contribution in [3.63, 3.8) is 0 Å². The third kappa shape index (κ3) is 2.63. The first-order valence-electron chi connectivity index (χ1n) is 3.97. The normalized spacial score (nSPS) is 11.3. The lowest BCUT2D eigenvalue weighted by molar-refractivity contribution is -0.137. The Hall–Kier alpha value is -1.21. The molecule has 0 aliphatic heterocycles. The molecule has 7 heteroatoms. The second-order valence-electron chi connectivity index (χ2n) is 2.82. The summed E-state index contributed by atoms with van der Waals surface area (Å²) >= 11 is 0. The van der Waals surface area contributed by atoms with Crippen molar-refractivity contribution in [1.29, 1.82) is 0 Å². The number of methoxy groups -OCH3 is 1. The van der Waals surface area contributed by atoms with Gasteiger partial charge in [-0.15, -0.1) is 0 Å². The number of ether oxygens (including phenoxy) is 1. The number of halogens is 3. The molecule has 1 aromatic rings. The first-order chi connectivity index (χ1) is 6.86. The summed E-state index contributed by atoms with van der Waals surface area (Å²) < 4.78 is 42.0. The van der Waals surface area contributed by atoms with Crippen LogP contribution in [-0.4, -0.2) is 24.3 Å². The van der Waals surface area contributed by atoms with E-state index >= 15 is 0 Å². The summed E-state index contributed by atoms with van der Waals surface area (Å²) in [5.41, 5.74) is -1.71. The fourth-order valence-corrected chi connectivity index (χ4v) is 1.13. The Morgan fingerprint density at radius 3 is 2.27 bits per heavy atom. The van der Waals surface area contributed by atoms with E-state index in [-0.39, 0.29) is 5.75 Å². The SMILES string of the molecule is COc1ccc(B(O)O)c(C(F)(F)F)c1. The average molecular weight is 220 g/mol. The molecule has 82 valence electrons. The van der Waals surface area contributed by atoms with Crippen LogP contribution in [0.4, 0.5) is 13.2 Å². The highest BCUT2D eigenvalue weighted by Gasteiger charge is 2.36. The number of hydrogen-bond acceptors (Lipinski definition) is 3. The summed E-state index contributed by atoms with van der Waals surface area (Å²) in [7, 11) is -0.933. The third-order valence-electron chi connectivity index (χ3n) is 1.84. The highest BCUT2D eigenvalue weighted by atomic mass is 19.4. The van der Waals surface area contributed by atoms with Gasteiger partial charge in [0.15, 0.2) is 0 Å². The Bertz CT molecular complexity index is 351. The van der Waals surface area contributed by atoms with Gasteiger partial charge in [-0.1, -0.05) is 6.07 Å². The van der Waals surface area contributed by atoms with Crippen LogP contribution in [0.5, 0.6) is 5.75 Å². The standard InChI is InChI=1S/C8H8BF3O3/c1-15-5-2-3-7(9(13)14)6(4-5)8(10,11)12/h2-4,13-14H,1H3. The Kier molecular flexibility index (Phi) is 3.26. The molecule has 2 N–H and O–H groups in total. The zero-order valence-corrected chi connectivity index (χ0v) is 7.75. The number of benzene rings is 1. The van der Waals surface area contributed by atoms with Gasteiger partial charge in [0.2, 0.25) is 0 Å². The maximum Gasteiger partial charge on any atom is 0.489 e. The van der Waals surface area contributed by atoms with Crippen molar-refractivity contribution in [1.82, 2.24) is 0 Å². The van der Waals surface area contributed by atoms with Gasteiger partial charge in [0.05, 0.1) is 12.7 Å². The van der Waals surface area contributed by atoms with Crippen LogP contribution in [0, 0.1) is 0 Å². The molecule has 15 heavy (non-hydrogen) atoms. The van der Waals surface area contributed by atoms with E-state index in [0.29, 0.717) is 0 Å². The molecule has 0 atom stereocenters. The van der Waals surface area contributed by atoms with Crippen molar-refractivity contribution in [2.45, 2.75) is 6.18 Å². The lowest BCUT2D eigenvalue weighted by Gasteiger charge is -2.13. The lowest BCUT2D eigenvalue weighted by Crippen LogP contribution is -2.36. The van der Waals surface area contributed by atoms with Gasteiger partial charge in [-0.3, -0.25) is 0 Å². The van der Waals surface area contributed by atoms with Crippen LogP contribution in [0.3, 0.4) is 0 Å². The van der Waals surface area contributed by atoms with E-state index in [1.807, 2.05) is 0 Å². The zero-order valence-electron chi connectivity index (χ0n) is 7.75. The fraction of sp³-hybridized carbons (Fsp3) is 0.250. The van der Waals surface area contributed by atoms with E-state index in [4.69, 9.17) is 10.0 Å². The maximum atomic E-state index is 12.4. The Balaban J connectivity index is 3.29. The van der Waals surface area contributed by atoms with Crippen LogP contribution in [0.1, 0.15) is 5.56 Å². The Labute approximate surface area is 84.3 Å². The van der Waals surface area contributed by atoms with Crippen LogP contribution in [0.25, 0.3) is 0 Å². The predicted molar refractivity (Wildman–Crippen MR) is 47.8 cm³/mol. The second kappa shape index (κ2) is 4.12. The first kappa shape index (κ1) is 11.9. The van der Waals surface area contributed by atoms with Crippen molar-refractivity contribution >= 4 is 12.6 Å². The zero-order chi connectivity index (χ0) is 11.6. The molecule has 0 radical (unpaired) electrons. The summed E-state index contributed by atoms with van der Waals surface area (Å²) in [4.78, 5) is 0. The molecule has 0 saturated heterocycles. The number of rotatable bonds is 2. The Morgan fingerprint density at radius 1 is 1.27 bits per heavy atom. The number of alkyl halides is 3. The molecular formula is C8H8BF3O3. The van der Waals surface area contributed by atoms with Gasteiger partial charge in [0, 0.05) is 0 Å². The molecule has 0 spiro atoms. The van der Waals surface area contributed by atoms with Crippen LogP contribution in [0.15, 0.2) is 18.2 Å². The smallest absolute Gasteiger partial charge is 0.489 e. The van der Waals surface area contributed by atoms with E-state index in [2.05, 4.69) is 4.74 Å². The minimum absolute atomic E-state index is 0.00623. The van der Waals surface area contributed by atoms with E-state index in [9.17, 15) is 13.2 Å². The van der Waals surface area contributed by atoms with Gasteiger partial charge >= 0.3 is 13.3 Å². The van der Waals surface area contributed by atoms with Gasteiger partial charge < -0.3 is 14.8 Å². The average Bonchev–Trinajstić information content (AvgIpc) is 2.15. The predicted octanol–water partition coefficient (Wildman–Crippen LogP) is 0.394. The molecule has 0 amide bonds. The van der Waals surface area contributed by atoms with Gasteiger partial charge in [0.1, 0.15) is 5.75 Å². The summed E-state index contributed by atoms with van der Waals surface area (Å²) in [6.45, 7) is 0. The van der Waals surface area contributed by atoms with Crippen molar-refractivity contribution in [3.8, 4) is 5.75 Å². The second-order valence-corrected chi connectivity index (χ2v) is 2.82. The summed E-state index contributed by atoms with van der Waals surface area (Å²) in [6, 6.07) is 2.91. The molecule has 0 aliphatic carbocycles. The minimum Gasteiger partial charge on any atom is -0.497 e. The van der Waals surface area contributed by atoms with E-state index in [1.54, 1.807) is 0 Å². The summed E-state index contributed by atoms with van der Waals surface area (Å²) in [5.74, 6) is 0.00623. The van der Waals surface area contributed by atoms with E-state index in [0.717, 1.165) is 12.1 Å². The topological polar surface area (TPSA) is 49.7 Å². The quantitative estimate of drug-likeness (QED) is 0.709. The van der Waals surface area contributed by atoms with Gasteiger partial charge in [0.25, 0.3) is 0 Å². The molecule has 3 nitrogen and oxygen atoms in total. The summed E-state index contributed by atoms with van der Waals surface area (Å²) in [5, 5.41) is 17.5. The third-order valence-corrected chi connectivity index (χ3v) is 1.84. The highest BCUT2D eigenvalue weighted by molar-refractivity contribution is 6.59. The molecular weight excluding hydrogens is 212 g/mol. The molecule has 1 aromatic carbocycles. The molecule has 0 aliphatic rings. The minimum atomic E-state index is -4.65. The Morgan fingerprint density at radius 2 is 1.87 bits per heavy atom. The molecule has 0 fully saturated rings. The molecule has 0 bridgehead atoms. The lowest BCUT2D eigenvalue weighted by atomic mass is 9.77. The van der Waals surface area contributed by atoms with Crippen LogP contribution >= 0.6 is 0 Å². The van der Waals surface area contributed by atoms with Crippen molar-refractivity contribution in [2.75, 3.05) is 7.11 Å². The molecule has 0 saturated carbocycles. The largest absolute Gasteiger partial charge is 0.497 e. The maximum absolute atomic E-state index is 12.4. The molecule has 0 aromatic heterocycles.